The summed E-state index contributed by atoms with van der Waals surface area (Å²) in [5.74, 6) is -0.640. The van der Waals surface area contributed by atoms with Gasteiger partial charge in [-0.25, -0.2) is 0 Å². The van der Waals surface area contributed by atoms with Gasteiger partial charge >= 0.3 is 0 Å². The van der Waals surface area contributed by atoms with E-state index in [9.17, 15) is 4.79 Å². The lowest BCUT2D eigenvalue weighted by Gasteiger charge is -2.18. The predicted molar refractivity (Wildman–Crippen MR) is 63.2 cm³/mol. The summed E-state index contributed by atoms with van der Waals surface area (Å²) in [7, 11) is 0. The van der Waals surface area contributed by atoms with Crippen LogP contribution in [0.2, 0.25) is 0 Å². The molecule has 15 heavy (non-hydrogen) atoms. The number of aliphatic imine (C=N–C) groups is 1. The third-order valence-electron chi connectivity index (χ3n) is 1.79. The number of carbonyl (C=O) groups excluding carboxylic acids is 1. The summed E-state index contributed by atoms with van der Waals surface area (Å²) in [6.45, 7) is 8.08. The Bertz CT molecular complexity index is 319. The molecule has 0 radical (unpaired) electrons. The lowest BCUT2D eigenvalue weighted by Crippen LogP contribution is -2.20. The maximum absolute atomic E-state index is 10.6. The fourth-order valence-electron chi connectivity index (χ4n) is 0.981. The van der Waals surface area contributed by atoms with Crippen molar-refractivity contribution in [3.05, 3.63) is 23.5 Å². The van der Waals surface area contributed by atoms with Crippen LogP contribution in [0.15, 0.2) is 28.5 Å². The van der Waals surface area contributed by atoms with Gasteiger partial charge in [0.2, 0.25) is 0 Å². The Morgan fingerprint density at radius 1 is 1.27 bits per heavy atom. The fraction of sp³-hybridized carbons (Fsp3) is 0.455. The van der Waals surface area contributed by atoms with E-state index in [-0.39, 0.29) is 11.1 Å². The highest BCUT2D eigenvalue weighted by Crippen LogP contribution is 2.25. The van der Waals surface area contributed by atoms with E-state index in [1.807, 2.05) is 13.0 Å². The Morgan fingerprint density at radius 2 is 1.80 bits per heavy atom. The molecule has 0 aliphatic heterocycles. The molecule has 0 fully saturated rings. The number of carbonyl (C=O) groups is 1. The van der Waals surface area contributed by atoms with Gasteiger partial charge in [0.25, 0.3) is 5.91 Å². The third-order valence-corrected chi connectivity index (χ3v) is 1.79. The fourth-order valence-corrected chi connectivity index (χ4v) is 0.981. The van der Waals surface area contributed by atoms with E-state index in [0.717, 1.165) is 5.70 Å². The number of nitrogens with zero attached hydrogens (tertiary/aromatic N) is 1. The molecule has 0 atom stereocenters. The Balaban J connectivity index is 4.68. The largest absolute Gasteiger partial charge is 0.394 e. The van der Waals surface area contributed by atoms with E-state index in [1.165, 1.54) is 12.3 Å². The van der Waals surface area contributed by atoms with Gasteiger partial charge in [-0.1, -0.05) is 26.8 Å². The van der Waals surface area contributed by atoms with Crippen LogP contribution in [0.25, 0.3) is 0 Å². The summed E-state index contributed by atoms with van der Waals surface area (Å²) in [6.07, 6.45) is 4.81. The van der Waals surface area contributed by atoms with Crippen molar-refractivity contribution in [3.8, 4) is 0 Å². The molecular weight excluding hydrogens is 190 g/mol. The zero-order chi connectivity index (χ0) is 12.1. The summed E-state index contributed by atoms with van der Waals surface area (Å²) in [5, 5.41) is 0. The lowest BCUT2D eigenvalue weighted by molar-refractivity contribution is -0.114. The van der Waals surface area contributed by atoms with E-state index >= 15 is 0 Å². The molecule has 0 unspecified atom stereocenters. The van der Waals surface area contributed by atoms with Gasteiger partial charge in [0, 0.05) is 17.3 Å². The van der Waals surface area contributed by atoms with Crippen molar-refractivity contribution in [2.45, 2.75) is 27.7 Å². The first-order valence-corrected chi connectivity index (χ1v) is 4.75. The monoisotopic (exact) mass is 209 g/mol. The molecule has 0 rings (SSSR count). The number of nitrogens with two attached hydrogens (primary N) is 2. The molecule has 0 aromatic heterocycles. The van der Waals surface area contributed by atoms with Crippen LogP contribution in [-0.2, 0) is 4.79 Å². The molecule has 0 aliphatic carbocycles. The smallest absolute Gasteiger partial charge is 0.264 e. The van der Waals surface area contributed by atoms with E-state index in [0.29, 0.717) is 0 Å². The zero-order valence-corrected chi connectivity index (χ0v) is 9.74. The number of amides is 1. The number of allylic oxidation sites excluding steroid dienone is 3. The second kappa shape index (κ2) is 5.34. The molecule has 0 aromatic carbocycles. The Morgan fingerprint density at radius 3 is 2.13 bits per heavy atom. The van der Waals surface area contributed by atoms with Crippen molar-refractivity contribution in [2.24, 2.45) is 21.9 Å². The molecule has 0 aliphatic rings. The van der Waals surface area contributed by atoms with Crippen LogP contribution in [0.5, 0.6) is 0 Å². The minimum atomic E-state index is -0.640. The number of hydrogen-bond donors (Lipinski definition) is 2. The van der Waals surface area contributed by atoms with E-state index in [1.54, 1.807) is 0 Å². The summed E-state index contributed by atoms with van der Waals surface area (Å²) < 4.78 is 0. The molecule has 4 nitrogen and oxygen atoms in total. The third kappa shape index (κ3) is 5.00. The number of hydrogen-bond acceptors (Lipinski definition) is 3. The number of rotatable bonds is 3. The zero-order valence-electron chi connectivity index (χ0n) is 9.74. The Kier molecular flexibility index (Phi) is 4.78. The highest BCUT2D eigenvalue weighted by molar-refractivity contribution is 5.95. The van der Waals surface area contributed by atoms with Crippen LogP contribution in [0.3, 0.4) is 0 Å². The van der Waals surface area contributed by atoms with Gasteiger partial charge in [-0.15, -0.1) is 0 Å². The molecule has 0 heterocycles. The topological polar surface area (TPSA) is 81.5 Å². The minimum Gasteiger partial charge on any atom is -0.394 e. The van der Waals surface area contributed by atoms with Crippen molar-refractivity contribution in [1.82, 2.24) is 0 Å². The van der Waals surface area contributed by atoms with E-state index in [2.05, 4.69) is 25.8 Å². The van der Waals surface area contributed by atoms with Crippen molar-refractivity contribution < 1.29 is 4.79 Å². The Labute approximate surface area is 90.7 Å². The van der Waals surface area contributed by atoms with E-state index in [4.69, 9.17) is 11.5 Å². The SMILES string of the molecule is C\C=C(/N=C\C=C(/N)C(N)=O)C(C)(C)C. The van der Waals surface area contributed by atoms with Gasteiger partial charge in [0.05, 0.1) is 5.70 Å². The normalized spacial score (nSPS) is 14.7. The second-order valence-corrected chi connectivity index (χ2v) is 4.19. The maximum atomic E-state index is 10.6. The highest BCUT2D eigenvalue weighted by atomic mass is 16.1. The van der Waals surface area contributed by atoms with Crippen LogP contribution in [0.1, 0.15) is 27.7 Å². The molecule has 0 saturated heterocycles. The van der Waals surface area contributed by atoms with E-state index < -0.39 is 5.91 Å². The average molecular weight is 209 g/mol. The van der Waals surface area contributed by atoms with Crippen LogP contribution >= 0.6 is 0 Å². The van der Waals surface area contributed by atoms with Gasteiger partial charge in [-0.2, -0.15) is 0 Å². The standard InChI is InChI=1S/C11H19N3O/c1-5-9(11(2,3)4)14-7-6-8(12)10(13)15/h5-7H,12H2,1-4H3,(H2,13,15)/b8-6-,9-5-,14-7-. The van der Waals surface area contributed by atoms with Crippen LogP contribution < -0.4 is 11.5 Å². The van der Waals surface area contributed by atoms with Crippen molar-refractivity contribution >= 4 is 12.1 Å². The molecule has 0 spiro atoms. The van der Waals surface area contributed by atoms with Gasteiger partial charge in [-0.3, -0.25) is 9.79 Å². The van der Waals surface area contributed by atoms with Gasteiger partial charge in [-0.05, 0) is 13.0 Å². The molecule has 0 bridgehead atoms. The second-order valence-electron chi connectivity index (χ2n) is 4.19. The molecular formula is C11H19N3O. The van der Waals surface area contributed by atoms with Crippen molar-refractivity contribution in [1.29, 1.82) is 0 Å². The molecule has 0 aromatic rings. The lowest BCUT2D eigenvalue weighted by atomic mass is 9.92. The van der Waals surface area contributed by atoms with Crippen LogP contribution in [0.4, 0.5) is 0 Å². The summed E-state index contributed by atoms with van der Waals surface area (Å²) >= 11 is 0. The van der Waals surface area contributed by atoms with Crippen LogP contribution in [0, 0.1) is 5.41 Å². The highest BCUT2D eigenvalue weighted by Gasteiger charge is 2.14. The van der Waals surface area contributed by atoms with Crippen molar-refractivity contribution in [3.63, 3.8) is 0 Å². The molecule has 0 saturated carbocycles. The van der Waals surface area contributed by atoms with Gasteiger partial charge in [0.1, 0.15) is 0 Å². The molecule has 84 valence electrons. The maximum Gasteiger partial charge on any atom is 0.264 e. The van der Waals surface area contributed by atoms with Gasteiger partial charge in [0.15, 0.2) is 0 Å². The molecule has 4 heteroatoms. The average Bonchev–Trinajstić information content (AvgIpc) is 2.09. The first-order valence-electron chi connectivity index (χ1n) is 4.75. The quantitative estimate of drug-likeness (QED) is 0.543. The molecule has 4 N–H and O–H groups in total. The first kappa shape index (κ1) is 13.4. The Hall–Kier alpha value is -1.58. The summed E-state index contributed by atoms with van der Waals surface area (Å²) in [6, 6.07) is 0. The predicted octanol–water partition coefficient (Wildman–Crippen LogP) is 1.33. The van der Waals surface area contributed by atoms with Crippen LogP contribution in [-0.4, -0.2) is 12.1 Å². The first-order chi connectivity index (χ1) is 6.79. The molecule has 1 amide bonds. The van der Waals surface area contributed by atoms with Gasteiger partial charge < -0.3 is 11.5 Å². The minimum absolute atomic E-state index is 0.00288. The summed E-state index contributed by atoms with van der Waals surface area (Å²) in [5.41, 5.74) is 11.2. The summed E-state index contributed by atoms with van der Waals surface area (Å²) in [4.78, 5) is 14.8. The van der Waals surface area contributed by atoms with Crippen molar-refractivity contribution in [2.75, 3.05) is 0 Å². The number of primary amides is 1.